The zero-order valence-electron chi connectivity index (χ0n) is 10.7. The molecule has 0 bridgehead atoms. The van der Waals surface area contributed by atoms with E-state index in [1.54, 1.807) is 11.8 Å². The van der Waals surface area contributed by atoms with Crippen molar-refractivity contribution in [2.75, 3.05) is 6.54 Å². The first-order valence-electron chi connectivity index (χ1n) is 6.10. The van der Waals surface area contributed by atoms with E-state index in [0.717, 1.165) is 16.3 Å². The van der Waals surface area contributed by atoms with Crippen molar-refractivity contribution in [1.29, 1.82) is 0 Å². The van der Waals surface area contributed by atoms with Crippen LogP contribution in [0.2, 0.25) is 5.02 Å². The number of hydrogen-bond donors (Lipinski definition) is 1. The number of aromatic nitrogens is 2. The van der Waals surface area contributed by atoms with Gasteiger partial charge in [0.1, 0.15) is 0 Å². The van der Waals surface area contributed by atoms with Crippen LogP contribution in [0, 0.1) is 0 Å². The molecule has 19 heavy (non-hydrogen) atoms. The fourth-order valence-electron chi connectivity index (χ4n) is 1.58. The summed E-state index contributed by atoms with van der Waals surface area (Å²) in [5, 5.41) is 4.72. The number of nitrogens with two attached hydrogens (primary N) is 1. The van der Waals surface area contributed by atoms with Crippen LogP contribution < -0.4 is 5.73 Å². The Morgan fingerprint density at radius 2 is 2.11 bits per heavy atom. The molecule has 102 valence electrons. The first-order valence-corrected chi connectivity index (χ1v) is 7.46. The van der Waals surface area contributed by atoms with E-state index in [2.05, 4.69) is 10.1 Å². The van der Waals surface area contributed by atoms with Gasteiger partial charge in [-0.05, 0) is 37.2 Å². The predicted molar refractivity (Wildman–Crippen MR) is 77.4 cm³/mol. The van der Waals surface area contributed by atoms with E-state index >= 15 is 0 Å². The molecule has 1 atom stereocenters. The van der Waals surface area contributed by atoms with Crippen LogP contribution >= 0.6 is 23.4 Å². The van der Waals surface area contributed by atoms with Gasteiger partial charge in [-0.1, -0.05) is 23.7 Å². The normalized spacial score (nSPS) is 12.6. The van der Waals surface area contributed by atoms with Gasteiger partial charge in [0.05, 0.1) is 5.75 Å². The van der Waals surface area contributed by atoms with E-state index in [1.807, 2.05) is 31.2 Å². The molecule has 6 heteroatoms. The van der Waals surface area contributed by atoms with Gasteiger partial charge in [0.2, 0.25) is 5.89 Å². The maximum absolute atomic E-state index is 5.84. The van der Waals surface area contributed by atoms with Gasteiger partial charge in [-0.2, -0.15) is 4.98 Å². The molecule has 1 heterocycles. The number of rotatable bonds is 6. The molecular formula is C13H16ClN3OS. The van der Waals surface area contributed by atoms with Crippen molar-refractivity contribution in [3.8, 4) is 0 Å². The minimum Gasteiger partial charge on any atom is -0.339 e. The summed E-state index contributed by atoms with van der Waals surface area (Å²) in [6.45, 7) is 2.66. The number of nitrogens with zero attached hydrogens (tertiary/aromatic N) is 2. The van der Waals surface area contributed by atoms with Crippen molar-refractivity contribution < 1.29 is 4.52 Å². The summed E-state index contributed by atoms with van der Waals surface area (Å²) in [5.41, 5.74) is 5.52. The number of hydrogen-bond acceptors (Lipinski definition) is 5. The Kier molecular flexibility index (Phi) is 5.24. The summed E-state index contributed by atoms with van der Waals surface area (Å²) in [6, 6.07) is 7.69. The lowest BCUT2D eigenvalue weighted by Crippen LogP contribution is -2.04. The smallest absolute Gasteiger partial charge is 0.229 e. The van der Waals surface area contributed by atoms with E-state index in [-0.39, 0.29) is 5.92 Å². The molecule has 2 aromatic rings. The maximum Gasteiger partial charge on any atom is 0.229 e. The van der Waals surface area contributed by atoms with Gasteiger partial charge >= 0.3 is 0 Å². The van der Waals surface area contributed by atoms with E-state index < -0.39 is 0 Å². The summed E-state index contributed by atoms with van der Waals surface area (Å²) >= 11 is 7.49. The highest BCUT2D eigenvalue weighted by Crippen LogP contribution is 2.24. The zero-order chi connectivity index (χ0) is 13.7. The van der Waals surface area contributed by atoms with Crippen LogP contribution in [0.25, 0.3) is 0 Å². The lowest BCUT2D eigenvalue weighted by molar-refractivity contribution is 0.352. The molecule has 2 rings (SSSR count). The highest BCUT2D eigenvalue weighted by molar-refractivity contribution is 7.98. The second kappa shape index (κ2) is 6.93. The Labute approximate surface area is 121 Å². The molecular weight excluding hydrogens is 282 g/mol. The highest BCUT2D eigenvalue weighted by Gasteiger charge is 2.13. The summed E-state index contributed by atoms with van der Waals surface area (Å²) in [5.74, 6) is 2.27. The average molecular weight is 298 g/mol. The Bertz CT molecular complexity index is 515. The predicted octanol–water partition coefficient (Wildman–Crippen LogP) is 3.47. The second-order valence-corrected chi connectivity index (χ2v) is 5.76. The standard InChI is InChI=1S/C13H16ClN3OS/c1-9(6-7-15)13-16-12(17-18-13)8-19-11-4-2-10(14)3-5-11/h2-5,9H,6-8,15H2,1H3. The van der Waals surface area contributed by atoms with Crippen LogP contribution in [-0.4, -0.2) is 16.7 Å². The van der Waals surface area contributed by atoms with Gasteiger partial charge in [-0.15, -0.1) is 11.8 Å². The van der Waals surface area contributed by atoms with Crippen molar-refractivity contribution >= 4 is 23.4 Å². The Morgan fingerprint density at radius 1 is 1.37 bits per heavy atom. The molecule has 0 saturated heterocycles. The van der Waals surface area contributed by atoms with E-state index in [9.17, 15) is 0 Å². The van der Waals surface area contributed by atoms with Crippen molar-refractivity contribution in [1.82, 2.24) is 10.1 Å². The van der Waals surface area contributed by atoms with Crippen molar-refractivity contribution in [3.63, 3.8) is 0 Å². The summed E-state index contributed by atoms with van der Waals surface area (Å²) in [7, 11) is 0. The van der Waals surface area contributed by atoms with E-state index in [1.165, 1.54) is 0 Å². The van der Waals surface area contributed by atoms with Crippen molar-refractivity contribution in [3.05, 3.63) is 41.0 Å². The number of benzene rings is 1. The van der Waals surface area contributed by atoms with Crippen LogP contribution in [0.5, 0.6) is 0 Å². The highest BCUT2D eigenvalue weighted by atomic mass is 35.5. The molecule has 0 fully saturated rings. The minimum atomic E-state index is 0.215. The van der Waals surface area contributed by atoms with Crippen LogP contribution in [0.15, 0.2) is 33.7 Å². The largest absolute Gasteiger partial charge is 0.339 e. The van der Waals surface area contributed by atoms with Gasteiger partial charge in [-0.3, -0.25) is 0 Å². The molecule has 1 aromatic heterocycles. The first kappa shape index (κ1) is 14.4. The van der Waals surface area contributed by atoms with Gasteiger partial charge in [0.15, 0.2) is 5.82 Å². The zero-order valence-corrected chi connectivity index (χ0v) is 12.2. The van der Waals surface area contributed by atoms with Crippen molar-refractivity contribution in [2.24, 2.45) is 5.73 Å². The maximum atomic E-state index is 5.84. The molecule has 1 aromatic carbocycles. The molecule has 0 aliphatic rings. The molecule has 0 saturated carbocycles. The SMILES string of the molecule is CC(CCN)c1nc(CSc2ccc(Cl)cc2)no1. The Balaban J connectivity index is 1.91. The van der Waals surface area contributed by atoms with Gasteiger partial charge < -0.3 is 10.3 Å². The lowest BCUT2D eigenvalue weighted by Gasteiger charge is -2.01. The average Bonchev–Trinajstić information content (AvgIpc) is 2.87. The minimum absolute atomic E-state index is 0.215. The van der Waals surface area contributed by atoms with E-state index in [4.69, 9.17) is 21.9 Å². The van der Waals surface area contributed by atoms with Gasteiger partial charge in [0, 0.05) is 15.8 Å². The topological polar surface area (TPSA) is 64.9 Å². The Morgan fingerprint density at radius 3 is 2.79 bits per heavy atom. The second-order valence-electron chi connectivity index (χ2n) is 4.27. The van der Waals surface area contributed by atoms with Gasteiger partial charge in [0.25, 0.3) is 0 Å². The fraction of sp³-hybridized carbons (Fsp3) is 0.385. The van der Waals surface area contributed by atoms with Crippen molar-refractivity contribution in [2.45, 2.75) is 29.9 Å². The number of thioether (sulfide) groups is 1. The van der Waals surface area contributed by atoms with Crippen LogP contribution in [-0.2, 0) is 5.75 Å². The summed E-state index contributed by atoms with van der Waals surface area (Å²) < 4.78 is 5.24. The quantitative estimate of drug-likeness (QED) is 0.827. The monoisotopic (exact) mass is 297 g/mol. The molecule has 1 unspecified atom stereocenters. The third-order valence-electron chi connectivity index (χ3n) is 2.69. The molecule has 0 aliphatic heterocycles. The molecule has 0 aliphatic carbocycles. The Hall–Kier alpha value is -1.04. The molecule has 0 radical (unpaired) electrons. The van der Waals surface area contributed by atoms with Crippen LogP contribution in [0.4, 0.5) is 0 Å². The summed E-state index contributed by atoms with van der Waals surface area (Å²) in [4.78, 5) is 5.51. The molecule has 0 spiro atoms. The summed E-state index contributed by atoms with van der Waals surface area (Å²) in [6.07, 6.45) is 0.853. The third-order valence-corrected chi connectivity index (χ3v) is 3.95. The lowest BCUT2D eigenvalue weighted by atomic mass is 10.1. The molecule has 0 amide bonds. The third kappa shape index (κ3) is 4.23. The van der Waals surface area contributed by atoms with E-state index in [0.29, 0.717) is 24.0 Å². The number of halogens is 1. The first-order chi connectivity index (χ1) is 9.19. The van der Waals surface area contributed by atoms with Crippen LogP contribution in [0.1, 0.15) is 31.0 Å². The fourth-order valence-corrected chi connectivity index (χ4v) is 2.45. The van der Waals surface area contributed by atoms with Crippen LogP contribution in [0.3, 0.4) is 0 Å². The molecule has 4 nitrogen and oxygen atoms in total. The molecule has 2 N–H and O–H groups in total. The van der Waals surface area contributed by atoms with Gasteiger partial charge in [-0.25, -0.2) is 0 Å².